The predicted octanol–water partition coefficient (Wildman–Crippen LogP) is 4.37. The molecule has 0 aromatic carbocycles. The zero-order valence-corrected chi connectivity index (χ0v) is 11.5. The highest BCUT2D eigenvalue weighted by atomic mass is 16.1. The van der Waals surface area contributed by atoms with Gasteiger partial charge in [-0.15, -0.1) is 0 Å². The lowest BCUT2D eigenvalue weighted by atomic mass is 9.60. The van der Waals surface area contributed by atoms with Gasteiger partial charge in [-0.2, -0.15) is 0 Å². The van der Waals surface area contributed by atoms with Crippen molar-refractivity contribution in [2.45, 2.75) is 60.3 Å². The Bertz CT molecular complexity index is 284. The minimum atomic E-state index is -0.259. The molecule has 0 amide bonds. The van der Waals surface area contributed by atoms with E-state index in [9.17, 15) is 4.79 Å². The van der Waals surface area contributed by atoms with Crippen molar-refractivity contribution in [2.75, 3.05) is 0 Å². The summed E-state index contributed by atoms with van der Waals surface area (Å²) in [5.41, 5.74) is 1.33. The average Bonchev–Trinajstić information content (AvgIpc) is 2.29. The van der Waals surface area contributed by atoms with Gasteiger partial charge in [-0.25, -0.2) is 0 Å². The molecule has 1 unspecified atom stereocenters. The van der Waals surface area contributed by atoms with Crippen LogP contribution in [0.2, 0.25) is 0 Å². The number of hydrogen-bond acceptors (Lipinski definition) is 1. The van der Waals surface area contributed by atoms with Crippen molar-refractivity contribution in [1.82, 2.24) is 0 Å². The zero-order valence-electron chi connectivity index (χ0n) is 11.5. The Kier molecular flexibility index (Phi) is 3.98. The molecule has 1 heteroatoms. The molecular weight excluding hydrogens is 196 g/mol. The van der Waals surface area contributed by atoms with E-state index in [0.717, 1.165) is 6.29 Å². The number of carbonyl (C=O) groups is 1. The summed E-state index contributed by atoms with van der Waals surface area (Å²) in [5, 5.41) is 0. The van der Waals surface area contributed by atoms with Crippen molar-refractivity contribution in [2.24, 2.45) is 16.7 Å². The summed E-state index contributed by atoms with van der Waals surface area (Å²) in [7, 11) is 0. The first-order valence-electron chi connectivity index (χ1n) is 6.48. The maximum atomic E-state index is 11.2. The molecule has 1 rings (SSSR count). The molecule has 92 valence electrons. The molecule has 0 saturated carbocycles. The van der Waals surface area contributed by atoms with Gasteiger partial charge in [0.2, 0.25) is 0 Å². The molecule has 0 bridgehead atoms. The zero-order chi connectivity index (χ0) is 12.4. The topological polar surface area (TPSA) is 17.1 Å². The van der Waals surface area contributed by atoms with Crippen LogP contribution in [0.1, 0.15) is 60.3 Å². The molecule has 1 nitrogen and oxygen atoms in total. The summed E-state index contributed by atoms with van der Waals surface area (Å²) < 4.78 is 0. The van der Waals surface area contributed by atoms with Crippen molar-refractivity contribution in [3.63, 3.8) is 0 Å². The van der Waals surface area contributed by atoms with E-state index in [1.807, 2.05) is 0 Å². The van der Waals surface area contributed by atoms with Gasteiger partial charge in [0.05, 0.1) is 0 Å². The highest BCUT2D eigenvalue weighted by Crippen LogP contribution is 2.47. The Balaban J connectivity index is 2.90. The normalized spacial score (nSPS) is 20.2. The number of hydrogen-bond donors (Lipinski definition) is 0. The van der Waals surface area contributed by atoms with Gasteiger partial charge in [0.25, 0.3) is 0 Å². The Hall–Kier alpha value is -0.590. The predicted molar refractivity (Wildman–Crippen MR) is 69.3 cm³/mol. The first-order valence-corrected chi connectivity index (χ1v) is 6.48. The van der Waals surface area contributed by atoms with Crippen LogP contribution in [-0.2, 0) is 4.79 Å². The van der Waals surface area contributed by atoms with E-state index in [1.54, 1.807) is 5.57 Å². The molecule has 0 heterocycles. The fraction of sp³-hybridized carbons (Fsp3) is 0.800. The van der Waals surface area contributed by atoms with Gasteiger partial charge in [0, 0.05) is 5.41 Å². The molecule has 0 aliphatic heterocycles. The van der Waals surface area contributed by atoms with Crippen molar-refractivity contribution >= 4 is 6.29 Å². The van der Waals surface area contributed by atoms with E-state index in [1.165, 1.54) is 25.7 Å². The molecule has 1 aliphatic rings. The molecule has 0 spiro atoms. The molecule has 1 aliphatic carbocycles. The molecule has 0 aromatic rings. The molecule has 16 heavy (non-hydrogen) atoms. The lowest BCUT2D eigenvalue weighted by molar-refractivity contribution is -0.121. The summed E-state index contributed by atoms with van der Waals surface area (Å²) in [6.45, 7) is 10.8. The van der Waals surface area contributed by atoms with Crippen LogP contribution in [0.25, 0.3) is 0 Å². The van der Waals surface area contributed by atoms with E-state index < -0.39 is 0 Å². The highest BCUT2D eigenvalue weighted by Gasteiger charge is 2.42. The van der Waals surface area contributed by atoms with Crippen LogP contribution < -0.4 is 0 Å². The van der Waals surface area contributed by atoms with Gasteiger partial charge in [0.15, 0.2) is 0 Å². The molecule has 0 radical (unpaired) electrons. The third kappa shape index (κ3) is 2.39. The van der Waals surface area contributed by atoms with Gasteiger partial charge in [0.1, 0.15) is 6.29 Å². The van der Waals surface area contributed by atoms with E-state index >= 15 is 0 Å². The van der Waals surface area contributed by atoms with Crippen LogP contribution >= 0.6 is 0 Å². The smallest absolute Gasteiger partial charge is 0.126 e. The maximum absolute atomic E-state index is 11.2. The summed E-state index contributed by atoms with van der Waals surface area (Å²) in [6.07, 6.45) is 8.60. The molecule has 0 N–H and O–H groups in total. The standard InChI is InChI=1S/C15H26O/c1-12(13-9-7-6-8-10-13)15(4,5)14(2,3)11-16/h9,11-12H,6-8,10H2,1-5H3. The van der Waals surface area contributed by atoms with E-state index in [0.29, 0.717) is 5.92 Å². The van der Waals surface area contributed by atoms with Crippen molar-refractivity contribution in [3.05, 3.63) is 11.6 Å². The number of allylic oxidation sites excluding steroid dienone is 2. The lowest BCUT2D eigenvalue weighted by Crippen LogP contribution is -2.40. The van der Waals surface area contributed by atoms with Gasteiger partial charge in [-0.1, -0.05) is 46.3 Å². The van der Waals surface area contributed by atoms with Crippen molar-refractivity contribution in [3.8, 4) is 0 Å². The third-order valence-corrected chi connectivity index (χ3v) is 4.92. The largest absolute Gasteiger partial charge is 0.303 e. The number of carbonyl (C=O) groups excluding carboxylic acids is 1. The number of rotatable bonds is 4. The molecule has 1 atom stereocenters. The highest BCUT2D eigenvalue weighted by molar-refractivity contribution is 5.59. The van der Waals surface area contributed by atoms with Crippen LogP contribution in [0.3, 0.4) is 0 Å². The molecule has 0 aromatic heterocycles. The van der Waals surface area contributed by atoms with Gasteiger partial charge < -0.3 is 4.79 Å². The fourth-order valence-electron chi connectivity index (χ4n) is 2.43. The Morgan fingerprint density at radius 3 is 2.31 bits per heavy atom. The second-order valence-corrected chi connectivity index (χ2v) is 6.31. The second kappa shape index (κ2) is 4.73. The average molecular weight is 222 g/mol. The maximum Gasteiger partial charge on any atom is 0.126 e. The summed E-state index contributed by atoms with van der Waals surface area (Å²) in [5.74, 6) is 0.494. The molecular formula is C15H26O. The van der Waals surface area contributed by atoms with Crippen LogP contribution in [0.15, 0.2) is 11.6 Å². The second-order valence-electron chi connectivity index (χ2n) is 6.31. The fourth-order valence-corrected chi connectivity index (χ4v) is 2.43. The van der Waals surface area contributed by atoms with Crippen LogP contribution in [-0.4, -0.2) is 6.29 Å². The van der Waals surface area contributed by atoms with E-state index in [-0.39, 0.29) is 10.8 Å². The summed E-state index contributed by atoms with van der Waals surface area (Å²) in [6, 6.07) is 0. The minimum Gasteiger partial charge on any atom is -0.303 e. The Morgan fingerprint density at radius 2 is 1.88 bits per heavy atom. The van der Waals surface area contributed by atoms with E-state index in [2.05, 4.69) is 40.7 Å². The van der Waals surface area contributed by atoms with Gasteiger partial charge in [-0.3, -0.25) is 0 Å². The SMILES string of the molecule is CC(C1=CCCCC1)C(C)(C)C(C)(C)C=O. The minimum absolute atomic E-state index is 0.0257. The van der Waals surface area contributed by atoms with Gasteiger partial charge in [-0.05, 0) is 37.0 Å². The summed E-state index contributed by atoms with van der Waals surface area (Å²) in [4.78, 5) is 11.2. The van der Waals surface area contributed by atoms with Crippen molar-refractivity contribution < 1.29 is 4.79 Å². The Morgan fingerprint density at radius 1 is 1.25 bits per heavy atom. The van der Waals surface area contributed by atoms with Gasteiger partial charge >= 0.3 is 0 Å². The first kappa shape index (κ1) is 13.5. The quantitative estimate of drug-likeness (QED) is 0.510. The van der Waals surface area contributed by atoms with Crippen molar-refractivity contribution in [1.29, 1.82) is 0 Å². The Labute approximate surface area is 100 Å². The molecule has 0 fully saturated rings. The molecule has 0 saturated heterocycles. The van der Waals surface area contributed by atoms with E-state index in [4.69, 9.17) is 0 Å². The lowest BCUT2D eigenvalue weighted by Gasteiger charge is -2.44. The summed E-state index contributed by atoms with van der Waals surface area (Å²) >= 11 is 0. The first-order chi connectivity index (χ1) is 7.33. The third-order valence-electron chi connectivity index (χ3n) is 4.92. The van der Waals surface area contributed by atoms with Crippen LogP contribution in [0.5, 0.6) is 0 Å². The number of aldehydes is 1. The van der Waals surface area contributed by atoms with Crippen LogP contribution in [0, 0.1) is 16.7 Å². The monoisotopic (exact) mass is 222 g/mol. The van der Waals surface area contributed by atoms with Crippen LogP contribution in [0.4, 0.5) is 0 Å².